The summed E-state index contributed by atoms with van der Waals surface area (Å²) in [4.78, 5) is 4.41. The molecule has 0 spiro atoms. The third-order valence-electron chi connectivity index (χ3n) is 3.90. The topological polar surface area (TPSA) is 45.1 Å². The quantitative estimate of drug-likeness (QED) is 0.856. The molecule has 1 atom stereocenters. The van der Waals surface area contributed by atoms with Crippen molar-refractivity contribution < 1.29 is 5.11 Å². The molecular weight excluding hydrogens is 284 g/mol. The lowest BCUT2D eigenvalue weighted by Gasteiger charge is -2.20. The number of nitrogens with one attached hydrogen (secondary N) is 1. The fourth-order valence-corrected chi connectivity index (χ4v) is 2.73. The molecule has 3 rings (SSSR count). The van der Waals surface area contributed by atoms with Crippen molar-refractivity contribution in [3.63, 3.8) is 0 Å². The predicted octanol–water partition coefficient (Wildman–Crippen LogP) is 3.66. The Labute approximate surface area is 130 Å². The molecule has 1 aliphatic rings. The zero-order chi connectivity index (χ0) is 14.7. The van der Waals surface area contributed by atoms with Gasteiger partial charge in [-0.1, -0.05) is 23.7 Å². The van der Waals surface area contributed by atoms with Crippen LogP contribution in [0, 0.1) is 5.92 Å². The second-order valence-electron chi connectivity index (χ2n) is 5.59. The van der Waals surface area contributed by atoms with Gasteiger partial charge in [0, 0.05) is 24.4 Å². The molecule has 0 aliphatic heterocycles. The number of aliphatic hydroxyl groups is 1. The number of anilines is 1. The molecule has 0 saturated heterocycles. The highest BCUT2D eigenvalue weighted by Gasteiger charge is 2.31. The van der Waals surface area contributed by atoms with E-state index < -0.39 is 0 Å². The molecule has 21 heavy (non-hydrogen) atoms. The zero-order valence-electron chi connectivity index (χ0n) is 11.8. The SMILES string of the molecule is OCc1ccc(Cl)c(NC(Cc2ccccn2)C2CC2)c1. The van der Waals surface area contributed by atoms with Crippen molar-refractivity contribution >= 4 is 17.3 Å². The summed E-state index contributed by atoms with van der Waals surface area (Å²) in [5.41, 5.74) is 2.86. The Morgan fingerprint density at radius 3 is 2.81 bits per heavy atom. The van der Waals surface area contributed by atoms with Gasteiger partial charge in [0.2, 0.25) is 0 Å². The molecule has 1 unspecified atom stereocenters. The van der Waals surface area contributed by atoms with Gasteiger partial charge in [0.15, 0.2) is 0 Å². The molecule has 0 radical (unpaired) electrons. The average molecular weight is 303 g/mol. The van der Waals surface area contributed by atoms with Crippen LogP contribution in [0.3, 0.4) is 0 Å². The molecule has 1 fully saturated rings. The van der Waals surface area contributed by atoms with Crippen molar-refractivity contribution in [3.8, 4) is 0 Å². The summed E-state index contributed by atoms with van der Waals surface area (Å²) in [7, 11) is 0. The van der Waals surface area contributed by atoms with Crippen LogP contribution in [0.15, 0.2) is 42.6 Å². The molecule has 1 aliphatic carbocycles. The largest absolute Gasteiger partial charge is 0.392 e. The Morgan fingerprint density at radius 1 is 1.29 bits per heavy atom. The first-order valence-electron chi connectivity index (χ1n) is 7.32. The number of benzene rings is 1. The Kier molecular flexibility index (Phi) is 4.42. The summed E-state index contributed by atoms with van der Waals surface area (Å²) in [5, 5.41) is 13.5. The lowest BCUT2D eigenvalue weighted by Crippen LogP contribution is -2.25. The molecular formula is C17H19ClN2O. The van der Waals surface area contributed by atoms with E-state index in [-0.39, 0.29) is 6.61 Å². The highest BCUT2D eigenvalue weighted by molar-refractivity contribution is 6.33. The molecule has 3 nitrogen and oxygen atoms in total. The fraction of sp³-hybridized carbons (Fsp3) is 0.353. The van der Waals surface area contributed by atoms with Crippen LogP contribution in [0.2, 0.25) is 5.02 Å². The molecule has 1 heterocycles. The molecule has 0 bridgehead atoms. The maximum atomic E-state index is 9.26. The summed E-state index contributed by atoms with van der Waals surface area (Å²) in [5.74, 6) is 0.681. The van der Waals surface area contributed by atoms with E-state index in [0.29, 0.717) is 17.0 Å². The molecule has 0 amide bonds. The van der Waals surface area contributed by atoms with Crippen molar-refractivity contribution in [2.45, 2.75) is 31.9 Å². The second kappa shape index (κ2) is 6.46. The standard InChI is InChI=1S/C17H19ClN2O/c18-15-7-4-12(11-21)9-17(15)20-16(13-5-6-13)10-14-3-1-2-8-19-14/h1-4,7-9,13,16,20-21H,5-6,10-11H2. The summed E-state index contributed by atoms with van der Waals surface area (Å²) >= 11 is 6.27. The van der Waals surface area contributed by atoms with E-state index in [1.165, 1.54) is 12.8 Å². The van der Waals surface area contributed by atoms with E-state index in [9.17, 15) is 5.11 Å². The van der Waals surface area contributed by atoms with Gasteiger partial charge in [-0.05, 0) is 48.6 Å². The van der Waals surface area contributed by atoms with Gasteiger partial charge in [0.1, 0.15) is 0 Å². The molecule has 4 heteroatoms. The van der Waals surface area contributed by atoms with Gasteiger partial charge in [0.05, 0.1) is 17.3 Å². The number of aromatic nitrogens is 1. The van der Waals surface area contributed by atoms with Crippen LogP contribution in [0.5, 0.6) is 0 Å². The van der Waals surface area contributed by atoms with Crippen LogP contribution in [-0.2, 0) is 13.0 Å². The summed E-state index contributed by atoms with van der Waals surface area (Å²) < 4.78 is 0. The predicted molar refractivity (Wildman–Crippen MR) is 85.5 cm³/mol. The van der Waals surface area contributed by atoms with Crippen molar-refractivity contribution in [2.75, 3.05) is 5.32 Å². The van der Waals surface area contributed by atoms with Crippen LogP contribution in [0.25, 0.3) is 0 Å². The highest BCUT2D eigenvalue weighted by atomic mass is 35.5. The van der Waals surface area contributed by atoms with Crippen LogP contribution in [0.4, 0.5) is 5.69 Å². The van der Waals surface area contributed by atoms with Gasteiger partial charge in [0.25, 0.3) is 0 Å². The number of pyridine rings is 1. The molecule has 1 aromatic heterocycles. The van der Waals surface area contributed by atoms with Crippen LogP contribution in [-0.4, -0.2) is 16.1 Å². The monoisotopic (exact) mass is 302 g/mol. The minimum absolute atomic E-state index is 0.0280. The van der Waals surface area contributed by atoms with E-state index in [0.717, 1.165) is 23.4 Å². The average Bonchev–Trinajstić information content (AvgIpc) is 3.34. The first kappa shape index (κ1) is 14.4. The van der Waals surface area contributed by atoms with Crippen molar-refractivity contribution in [1.29, 1.82) is 0 Å². The van der Waals surface area contributed by atoms with Crippen LogP contribution in [0.1, 0.15) is 24.1 Å². The Bertz CT molecular complexity index is 599. The van der Waals surface area contributed by atoms with Gasteiger partial charge in [-0.15, -0.1) is 0 Å². The maximum absolute atomic E-state index is 9.26. The number of aliphatic hydroxyl groups excluding tert-OH is 1. The number of nitrogens with zero attached hydrogens (tertiary/aromatic N) is 1. The molecule has 1 saturated carbocycles. The Hall–Kier alpha value is -1.58. The van der Waals surface area contributed by atoms with E-state index >= 15 is 0 Å². The number of rotatable bonds is 6. The number of halogens is 1. The van der Waals surface area contributed by atoms with Crippen molar-refractivity contribution in [2.24, 2.45) is 5.92 Å². The van der Waals surface area contributed by atoms with E-state index in [2.05, 4.69) is 16.4 Å². The minimum atomic E-state index is 0.0280. The summed E-state index contributed by atoms with van der Waals surface area (Å²) in [6.07, 6.45) is 5.23. The van der Waals surface area contributed by atoms with Gasteiger partial charge in [-0.3, -0.25) is 4.98 Å². The van der Waals surface area contributed by atoms with Gasteiger partial charge >= 0.3 is 0 Å². The number of hydrogen-bond donors (Lipinski definition) is 2. The third-order valence-corrected chi connectivity index (χ3v) is 4.23. The molecule has 2 N–H and O–H groups in total. The van der Waals surface area contributed by atoms with Crippen molar-refractivity contribution in [3.05, 3.63) is 58.9 Å². The lowest BCUT2D eigenvalue weighted by atomic mass is 10.0. The Morgan fingerprint density at radius 2 is 2.14 bits per heavy atom. The van der Waals surface area contributed by atoms with Crippen LogP contribution >= 0.6 is 11.6 Å². The van der Waals surface area contributed by atoms with Crippen molar-refractivity contribution in [1.82, 2.24) is 4.98 Å². The van der Waals surface area contributed by atoms with E-state index in [1.54, 1.807) is 0 Å². The van der Waals surface area contributed by atoms with E-state index in [4.69, 9.17) is 11.6 Å². The zero-order valence-corrected chi connectivity index (χ0v) is 12.6. The van der Waals surface area contributed by atoms with Gasteiger partial charge < -0.3 is 10.4 Å². The fourth-order valence-electron chi connectivity index (χ4n) is 2.56. The van der Waals surface area contributed by atoms with Gasteiger partial charge in [-0.25, -0.2) is 0 Å². The lowest BCUT2D eigenvalue weighted by molar-refractivity contribution is 0.282. The maximum Gasteiger partial charge on any atom is 0.0682 e. The third kappa shape index (κ3) is 3.74. The first-order valence-corrected chi connectivity index (χ1v) is 7.70. The molecule has 1 aromatic carbocycles. The minimum Gasteiger partial charge on any atom is -0.392 e. The number of hydrogen-bond acceptors (Lipinski definition) is 3. The summed E-state index contributed by atoms with van der Waals surface area (Å²) in [6.45, 7) is 0.0280. The summed E-state index contributed by atoms with van der Waals surface area (Å²) in [6, 6.07) is 12.0. The first-order chi connectivity index (χ1) is 10.3. The van der Waals surface area contributed by atoms with Gasteiger partial charge in [-0.2, -0.15) is 0 Å². The van der Waals surface area contributed by atoms with Crippen LogP contribution < -0.4 is 5.32 Å². The second-order valence-corrected chi connectivity index (χ2v) is 5.99. The molecule has 110 valence electrons. The highest BCUT2D eigenvalue weighted by Crippen LogP contribution is 2.37. The normalized spacial score (nSPS) is 15.7. The Balaban J connectivity index is 1.76. The smallest absolute Gasteiger partial charge is 0.0682 e. The van der Waals surface area contributed by atoms with E-state index in [1.807, 2.05) is 36.5 Å². The molecule has 2 aromatic rings.